The van der Waals surface area contributed by atoms with Crippen LogP contribution < -0.4 is 9.64 Å². The summed E-state index contributed by atoms with van der Waals surface area (Å²) in [6, 6.07) is 7.04. The van der Waals surface area contributed by atoms with Crippen molar-refractivity contribution in [2.24, 2.45) is 0 Å². The first-order chi connectivity index (χ1) is 16.6. The van der Waals surface area contributed by atoms with Crippen molar-refractivity contribution >= 4 is 22.6 Å². The van der Waals surface area contributed by atoms with Crippen molar-refractivity contribution in [3.63, 3.8) is 0 Å². The molecule has 0 bridgehead atoms. The number of nitrogens with zero attached hydrogens (tertiary/aromatic N) is 6. The van der Waals surface area contributed by atoms with E-state index >= 15 is 0 Å². The number of hydrogen-bond acceptors (Lipinski definition) is 7. The van der Waals surface area contributed by atoms with Crippen molar-refractivity contribution in [2.75, 3.05) is 44.9 Å². The van der Waals surface area contributed by atoms with Crippen LogP contribution in [0.25, 0.3) is 16.7 Å². The highest BCUT2D eigenvalue weighted by Gasteiger charge is 2.36. The monoisotopic (exact) mass is 462 g/mol. The molecular weight excluding hydrogens is 432 g/mol. The van der Waals surface area contributed by atoms with Crippen LogP contribution >= 0.6 is 0 Å². The highest BCUT2D eigenvalue weighted by molar-refractivity contribution is 5.82. The average Bonchev–Trinajstić information content (AvgIpc) is 3.46. The van der Waals surface area contributed by atoms with Gasteiger partial charge in [-0.05, 0) is 55.4 Å². The molecule has 3 fully saturated rings. The highest BCUT2D eigenvalue weighted by Crippen LogP contribution is 2.33. The Labute approximate surface area is 198 Å². The fraction of sp³-hybridized carbons (Fsp3) is 0.520. The van der Waals surface area contributed by atoms with Crippen molar-refractivity contribution in [3.05, 3.63) is 35.5 Å². The maximum absolute atomic E-state index is 12.1. The van der Waals surface area contributed by atoms with E-state index in [1.807, 2.05) is 21.8 Å². The number of ether oxygens (including phenoxy) is 2. The minimum Gasteiger partial charge on any atom is -0.467 e. The SMILES string of the molecule is COc1nc(N2CCN3C(=O)CCC3C2)cc(-n2ncc3cc(C)c(C4CCOCC4)cc32)n1. The topological polar surface area (TPSA) is 85.6 Å². The third-order valence-electron chi connectivity index (χ3n) is 7.51. The maximum atomic E-state index is 12.1. The molecule has 3 aromatic rings. The molecule has 9 heteroatoms. The molecule has 34 heavy (non-hydrogen) atoms. The molecule has 1 aromatic carbocycles. The predicted molar refractivity (Wildman–Crippen MR) is 128 cm³/mol. The summed E-state index contributed by atoms with van der Waals surface area (Å²) in [7, 11) is 1.59. The van der Waals surface area contributed by atoms with E-state index in [1.165, 1.54) is 11.1 Å². The summed E-state index contributed by atoms with van der Waals surface area (Å²) in [5.74, 6) is 2.26. The van der Waals surface area contributed by atoms with Gasteiger partial charge in [0, 0.05) is 56.8 Å². The molecule has 178 valence electrons. The lowest BCUT2D eigenvalue weighted by molar-refractivity contribution is -0.129. The molecule has 0 N–H and O–H groups in total. The second kappa shape index (κ2) is 8.54. The zero-order valence-electron chi connectivity index (χ0n) is 19.7. The number of benzene rings is 1. The largest absolute Gasteiger partial charge is 0.467 e. The number of amides is 1. The van der Waals surface area contributed by atoms with Crippen molar-refractivity contribution in [1.29, 1.82) is 0 Å². The first kappa shape index (κ1) is 21.3. The van der Waals surface area contributed by atoms with Crippen LogP contribution in [0, 0.1) is 6.92 Å². The summed E-state index contributed by atoms with van der Waals surface area (Å²) in [6.45, 7) is 6.05. The van der Waals surface area contributed by atoms with Gasteiger partial charge >= 0.3 is 6.01 Å². The highest BCUT2D eigenvalue weighted by atomic mass is 16.5. The van der Waals surface area contributed by atoms with E-state index in [1.54, 1.807) is 7.11 Å². The molecule has 0 spiro atoms. The Morgan fingerprint density at radius 2 is 1.88 bits per heavy atom. The lowest BCUT2D eigenvalue weighted by atomic mass is 9.88. The van der Waals surface area contributed by atoms with Crippen LogP contribution in [0.1, 0.15) is 42.7 Å². The molecule has 3 aliphatic rings. The quantitative estimate of drug-likeness (QED) is 0.589. The Bertz CT molecular complexity index is 1230. The molecule has 6 rings (SSSR count). The molecule has 0 radical (unpaired) electrons. The lowest BCUT2D eigenvalue weighted by Gasteiger charge is -2.38. The fourth-order valence-electron chi connectivity index (χ4n) is 5.67. The number of anilines is 1. The molecule has 1 amide bonds. The Hall–Kier alpha value is -3.20. The summed E-state index contributed by atoms with van der Waals surface area (Å²) in [5, 5.41) is 5.78. The van der Waals surface area contributed by atoms with E-state index in [-0.39, 0.29) is 11.9 Å². The van der Waals surface area contributed by atoms with Gasteiger partial charge in [0.15, 0.2) is 5.82 Å². The van der Waals surface area contributed by atoms with E-state index in [0.717, 1.165) is 68.8 Å². The van der Waals surface area contributed by atoms with Gasteiger partial charge in [0.25, 0.3) is 0 Å². The van der Waals surface area contributed by atoms with Crippen molar-refractivity contribution in [2.45, 2.75) is 44.6 Å². The minimum absolute atomic E-state index is 0.251. The van der Waals surface area contributed by atoms with Gasteiger partial charge in [0.2, 0.25) is 5.91 Å². The van der Waals surface area contributed by atoms with E-state index in [0.29, 0.717) is 24.2 Å². The van der Waals surface area contributed by atoms with Crippen LogP contribution in [-0.4, -0.2) is 76.6 Å². The molecule has 0 saturated carbocycles. The molecule has 0 aliphatic carbocycles. The molecule has 3 aliphatic heterocycles. The number of rotatable bonds is 4. The normalized spacial score (nSPS) is 21.4. The zero-order chi connectivity index (χ0) is 23.2. The summed E-state index contributed by atoms with van der Waals surface area (Å²) in [4.78, 5) is 25.6. The number of piperazine rings is 1. The molecular formula is C25H30N6O3. The Balaban J connectivity index is 1.37. The molecule has 1 unspecified atom stereocenters. The maximum Gasteiger partial charge on any atom is 0.320 e. The van der Waals surface area contributed by atoms with E-state index in [4.69, 9.17) is 14.6 Å². The molecule has 2 aromatic heterocycles. The van der Waals surface area contributed by atoms with Crippen LogP contribution in [0.5, 0.6) is 6.01 Å². The number of methoxy groups -OCH3 is 1. The van der Waals surface area contributed by atoms with Gasteiger partial charge in [-0.15, -0.1) is 0 Å². The van der Waals surface area contributed by atoms with E-state index in [9.17, 15) is 4.79 Å². The third-order valence-corrected chi connectivity index (χ3v) is 7.51. The van der Waals surface area contributed by atoms with Crippen LogP contribution in [0.2, 0.25) is 0 Å². The third kappa shape index (κ3) is 3.68. The Kier molecular flexibility index (Phi) is 5.36. The number of fused-ring (bicyclic) bond motifs is 2. The van der Waals surface area contributed by atoms with Gasteiger partial charge in [-0.3, -0.25) is 4.79 Å². The summed E-state index contributed by atoms with van der Waals surface area (Å²) >= 11 is 0. The summed E-state index contributed by atoms with van der Waals surface area (Å²) in [5.41, 5.74) is 3.69. The van der Waals surface area contributed by atoms with E-state index < -0.39 is 0 Å². The first-order valence-corrected chi connectivity index (χ1v) is 12.1. The first-order valence-electron chi connectivity index (χ1n) is 12.1. The zero-order valence-corrected chi connectivity index (χ0v) is 19.7. The molecule has 1 atom stereocenters. The van der Waals surface area contributed by atoms with Crippen LogP contribution in [0.4, 0.5) is 5.82 Å². The van der Waals surface area contributed by atoms with Gasteiger partial charge in [0.05, 0.1) is 18.8 Å². The van der Waals surface area contributed by atoms with Crippen LogP contribution in [0.15, 0.2) is 24.4 Å². The lowest BCUT2D eigenvalue weighted by Crippen LogP contribution is -2.51. The number of carbonyl (C=O) groups is 1. The number of hydrogen-bond donors (Lipinski definition) is 0. The molecule has 9 nitrogen and oxygen atoms in total. The fourth-order valence-corrected chi connectivity index (χ4v) is 5.67. The Morgan fingerprint density at radius 1 is 1.06 bits per heavy atom. The second-order valence-electron chi connectivity index (χ2n) is 9.51. The van der Waals surface area contributed by atoms with Gasteiger partial charge in [-0.1, -0.05) is 0 Å². The smallest absolute Gasteiger partial charge is 0.320 e. The number of carbonyl (C=O) groups excluding carboxylic acids is 1. The second-order valence-corrected chi connectivity index (χ2v) is 9.51. The van der Waals surface area contributed by atoms with Crippen molar-refractivity contribution in [1.82, 2.24) is 24.6 Å². The molecule has 5 heterocycles. The minimum atomic E-state index is 0.251. The standard InChI is InChI=1S/C25H30N6O3/c1-16-11-18-14-26-31(21(18)12-20(16)17-5-9-34-10-6-17)23-13-22(27-25(28-23)33-2)29-7-8-30-19(15-29)3-4-24(30)32/h11-14,17,19H,3-10,15H2,1-2H3. The van der Waals surface area contributed by atoms with Crippen LogP contribution in [0.3, 0.4) is 0 Å². The van der Waals surface area contributed by atoms with Gasteiger partial charge < -0.3 is 19.3 Å². The van der Waals surface area contributed by atoms with Crippen molar-refractivity contribution in [3.8, 4) is 11.8 Å². The average molecular weight is 463 g/mol. The van der Waals surface area contributed by atoms with Gasteiger partial charge in [-0.25, -0.2) is 4.68 Å². The van der Waals surface area contributed by atoms with Gasteiger partial charge in [0.1, 0.15) is 5.82 Å². The van der Waals surface area contributed by atoms with Crippen molar-refractivity contribution < 1.29 is 14.3 Å². The Morgan fingerprint density at radius 3 is 2.71 bits per heavy atom. The number of aromatic nitrogens is 4. The predicted octanol–water partition coefficient (Wildman–Crippen LogP) is 2.84. The van der Waals surface area contributed by atoms with Crippen LogP contribution in [-0.2, 0) is 9.53 Å². The van der Waals surface area contributed by atoms with Gasteiger partial charge in [-0.2, -0.15) is 15.1 Å². The molecule has 3 saturated heterocycles. The summed E-state index contributed by atoms with van der Waals surface area (Å²) in [6.07, 6.45) is 5.53. The number of aryl methyl sites for hydroxylation is 1. The van der Waals surface area contributed by atoms with E-state index in [2.05, 4.69) is 33.9 Å². The summed E-state index contributed by atoms with van der Waals surface area (Å²) < 4.78 is 12.9.